The fraction of sp³-hybridized carbons (Fsp3) is 0.500. The average Bonchev–Trinajstić information content (AvgIpc) is 3.08. The number of benzene rings is 1. The fourth-order valence-corrected chi connectivity index (χ4v) is 2.34. The lowest BCUT2D eigenvalue weighted by atomic mass is 10.2. The standard InChI is InChI=1S/C18H26N4O3.ClH/c1-4-19-13(3)12-20-16(23)10-11-17-21-18(22-25-17)14-6-8-15(9-7-14)24-5-2;/h6-9,13,19H,4-5,10-12H2,1-3H3,(H,20,23);1H/t13-;/m1./s1. The molecule has 7 nitrogen and oxygen atoms in total. The third-order valence-electron chi connectivity index (χ3n) is 3.62. The number of hydrogen-bond acceptors (Lipinski definition) is 6. The van der Waals surface area contributed by atoms with Crippen LogP contribution in [0.1, 0.15) is 33.1 Å². The second kappa shape index (κ2) is 11.5. The first-order valence-electron chi connectivity index (χ1n) is 8.68. The molecule has 0 spiro atoms. The van der Waals surface area contributed by atoms with E-state index in [1.54, 1.807) is 0 Å². The van der Waals surface area contributed by atoms with Gasteiger partial charge in [-0.3, -0.25) is 4.79 Å². The molecule has 0 aliphatic heterocycles. The van der Waals surface area contributed by atoms with Crippen molar-refractivity contribution in [3.05, 3.63) is 30.2 Å². The van der Waals surface area contributed by atoms with Gasteiger partial charge in [-0.2, -0.15) is 4.98 Å². The molecule has 0 bridgehead atoms. The normalized spacial score (nSPS) is 11.5. The Morgan fingerprint density at radius 3 is 2.65 bits per heavy atom. The van der Waals surface area contributed by atoms with Gasteiger partial charge >= 0.3 is 0 Å². The van der Waals surface area contributed by atoms with Crippen LogP contribution < -0.4 is 15.4 Å². The molecule has 144 valence electrons. The molecule has 2 rings (SSSR count). The largest absolute Gasteiger partial charge is 0.494 e. The van der Waals surface area contributed by atoms with Crippen molar-refractivity contribution in [2.75, 3.05) is 19.7 Å². The molecule has 0 aliphatic carbocycles. The second-order valence-corrected chi connectivity index (χ2v) is 5.73. The lowest BCUT2D eigenvalue weighted by Crippen LogP contribution is -2.38. The molecule has 0 saturated carbocycles. The van der Waals surface area contributed by atoms with Crippen molar-refractivity contribution in [3.63, 3.8) is 0 Å². The summed E-state index contributed by atoms with van der Waals surface area (Å²) in [4.78, 5) is 16.2. The van der Waals surface area contributed by atoms with Gasteiger partial charge < -0.3 is 19.9 Å². The van der Waals surface area contributed by atoms with Crippen LogP contribution in [0.2, 0.25) is 0 Å². The highest BCUT2D eigenvalue weighted by molar-refractivity contribution is 5.85. The van der Waals surface area contributed by atoms with E-state index in [-0.39, 0.29) is 24.4 Å². The number of aryl methyl sites for hydroxylation is 1. The number of nitrogens with zero attached hydrogens (tertiary/aromatic N) is 2. The fourth-order valence-electron chi connectivity index (χ4n) is 2.34. The van der Waals surface area contributed by atoms with E-state index in [0.717, 1.165) is 17.9 Å². The lowest BCUT2D eigenvalue weighted by molar-refractivity contribution is -0.121. The highest BCUT2D eigenvalue weighted by Gasteiger charge is 2.11. The molecular formula is C18H27ClN4O3. The van der Waals surface area contributed by atoms with Gasteiger partial charge in [0.2, 0.25) is 17.6 Å². The second-order valence-electron chi connectivity index (χ2n) is 5.73. The molecule has 0 saturated heterocycles. The number of rotatable bonds is 10. The molecule has 0 radical (unpaired) electrons. The number of carbonyl (C=O) groups excluding carboxylic acids is 1. The van der Waals surface area contributed by atoms with E-state index in [4.69, 9.17) is 9.26 Å². The molecule has 1 atom stereocenters. The molecule has 1 heterocycles. The number of hydrogen-bond donors (Lipinski definition) is 2. The van der Waals surface area contributed by atoms with Gasteiger partial charge in [-0.25, -0.2) is 0 Å². The Morgan fingerprint density at radius 1 is 1.27 bits per heavy atom. The zero-order valence-corrected chi connectivity index (χ0v) is 16.3. The van der Waals surface area contributed by atoms with E-state index in [2.05, 4.69) is 20.8 Å². The van der Waals surface area contributed by atoms with Crippen molar-refractivity contribution in [2.24, 2.45) is 0 Å². The van der Waals surface area contributed by atoms with Gasteiger partial charge in [-0.15, -0.1) is 12.4 Å². The molecule has 26 heavy (non-hydrogen) atoms. The van der Waals surface area contributed by atoms with Crippen LogP contribution in [0, 0.1) is 0 Å². The van der Waals surface area contributed by atoms with Crippen LogP contribution in [0.15, 0.2) is 28.8 Å². The van der Waals surface area contributed by atoms with Crippen LogP contribution >= 0.6 is 12.4 Å². The number of amides is 1. The summed E-state index contributed by atoms with van der Waals surface area (Å²) >= 11 is 0. The predicted molar refractivity (Wildman–Crippen MR) is 103 cm³/mol. The molecule has 1 aromatic carbocycles. The van der Waals surface area contributed by atoms with E-state index in [1.807, 2.05) is 45.0 Å². The first-order chi connectivity index (χ1) is 12.1. The lowest BCUT2D eigenvalue weighted by Gasteiger charge is -2.12. The summed E-state index contributed by atoms with van der Waals surface area (Å²) in [6, 6.07) is 7.76. The van der Waals surface area contributed by atoms with E-state index < -0.39 is 0 Å². The van der Waals surface area contributed by atoms with Crippen molar-refractivity contribution in [1.29, 1.82) is 0 Å². The summed E-state index contributed by atoms with van der Waals surface area (Å²) in [6.45, 7) is 8.12. The first-order valence-corrected chi connectivity index (χ1v) is 8.68. The van der Waals surface area contributed by atoms with Gasteiger partial charge in [0.05, 0.1) is 6.61 Å². The topological polar surface area (TPSA) is 89.3 Å². The highest BCUT2D eigenvalue weighted by atomic mass is 35.5. The van der Waals surface area contributed by atoms with Gasteiger partial charge in [-0.05, 0) is 44.7 Å². The summed E-state index contributed by atoms with van der Waals surface area (Å²) in [5, 5.41) is 10.1. The Bertz CT molecular complexity index is 661. The molecule has 1 amide bonds. The summed E-state index contributed by atoms with van der Waals surface area (Å²) in [6.07, 6.45) is 0.745. The van der Waals surface area contributed by atoms with Gasteiger partial charge in [-0.1, -0.05) is 12.1 Å². The van der Waals surface area contributed by atoms with E-state index in [9.17, 15) is 4.79 Å². The number of carbonyl (C=O) groups is 1. The monoisotopic (exact) mass is 382 g/mol. The summed E-state index contributed by atoms with van der Waals surface area (Å²) in [5.74, 6) is 1.75. The molecule has 0 unspecified atom stereocenters. The molecule has 1 aromatic heterocycles. The minimum Gasteiger partial charge on any atom is -0.494 e. The van der Waals surface area contributed by atoms with Crippen molar-refractivity contribution in [2.45, 2.75) is 39.7 Å². The van der Waals surface area contributed by atoms with Crippen LogP contribution in [0.3, 0.4) is 0 Å². The number of likely N-dealkylation sites (N-methyl/N-ethyl adjacent to an activating group) is 1. The van der Waals surface area contributed by atoms with Gasteiger partial charge in [0.25, 0.3) is 0 Å². The maximum atomic E-state index is 11.9. The van der Waals surface area contributed by atoms with Crippen molar-refractivity contribution in [3.8, 4) is 17.1 Å². The number of nitrogens with one attached hydrogen (secondary N) is 2. The van der Waals surface area contributed by atoms with E-state index in [1.165, 1.54) is 0 Å². The van der Waals surface area contributed by atoms with Crippen LogP contribution in [0.25, 0.3) is 11.4 Å². The van der Waals surface area contributed by atoms with E-state index in [0.29, 0.717) is 37.7 Å². The van der Waals surface area contributed by atoms with Crippen molar-refractivity contribution >= 4 is 18.3 Å². The maximum Gasteiger partial charge on any atom is 0.227 e. The van der Waals surface area contributed by atoms with Crippen LogP contribution in [0.4, 0.5) is 0 Å². The van der Waals surface area contributed by atoms with Gasteiger partial charge in [0, 0.05) is 31.0 Å². The molecular weight excluding hydrogens is 356 g/mol. The predicted octanol–water partition coefficient (Wildman–Crippen LogP) is 2.60. The quantitative estimate of drug-likeness (QED) is 0.656. The minimum atomic E-state index is -0.0226. The smallest absolute Gasteiger partial charge is 0.227 e. The number of aromatic nitrogens is 2. The first kappa shape index (κ1) is 21.9. The summed E-state index contributed by atoms with van der Waals surface area (Å²) in [5.41, 5.74) is 0.849. The van der Waals surface area contributed by atoms with Crippen LogP contribution in [-0.4, -0.2) is 41.8 Å². The summed E-state index contributed by atoms with van der Waals surface area (Å²) < 4.78 is 10.6. The van der Waals surface area contributed by atoms with Crippen molar-refractivity contribution in [1.82, 2.24) is 20.8 Å². The van der Waals surface area contributed by atoms with Gasteiger partial charge in [0.15, 0.2) is 0 Å². The van der Waals surface area contributed by atoms with Crippen LogP contribution in [-0.2, 0) is 11.2 Å². The van der Waals surface area contributed by atoms with Crippen molar-refractivity contribution < 1.29 is 14.1 Å². The number of halogens is 1. The third kappa shape index (κ3) is 7.01. The Hall–Kier alpha value is -2.12. The zero-order chi connectivity index (χ0) is 18.1. The van der Waals surface area contributed by atoms with E-state index >= 15 is 0 Å². The molecule has 8 heteroatoms. The van der Waals surface area contributed by atoms with Crippen LogP contribution in [0.5, 0.6) is 5.75 Å². The Kier molecular flexibility index (Phi) is 9.69. The SMILES string of the molecule is CCN[C@H](C)CNC(=O)CCc1nc(-c2ccc(OCC)cc2)no1.Cl. The van der Waals surface area contributed by atoms with Gasteiger partial charge in [0.1, 0.15) is 5.75 Å². The highest BCUT2D eigenvalue weighted by Crippen LogP contribution is 2.20. The molecule has 0 aliphatic rings. The number of ether oxygens (including phenoxy) is 1. The Balaban J connectivity index is 0.00000338. The zero-order valence-electron chi connectivity index (χ0n) is 15.4. The maximum absolute atomic E-state index is 11.9. The minimum absolute atomic E-state index is 0. The molecule has 2 N–H and O–H groups in total. The summed E-state index contributed by atoms with van der Waals surface area (Å²) in [7, 11) is 0. The molecule has 2 aromatic rings. The molecule has 0 fully saturated rings. The average molecular weight is 383 g/mol. The third-order valence-corrected chi connectivity index (χ3v) is 3.62. The Labute approximate surface area is 160 Å². The Morgan fingerprint density at radius 2 is 2.00 bits per heavy atom.